The maximum atomic E-state index is 9.10. The monoisotopic (exact) mass is 227 g/mol. The van der Waals surface area contributed by atoms with Crippen molar-refractivity contribution >= 4 is 6.21 Å². The summed E-state index contributed by atoms with van der Waals surface area (Å²) in [5.74, 6) is 0.243. The molecule has 0 atom stereocenters. The Bertz CT molecular complexity index is 477. The van der Waals surface area contributed by atoms with E-state index in [1.807, 2.05) is 30.3 Å². The number of phenolic OH excluding ortho intramolecular Hbond substituents is 1. The average molecular weight is 227 g/mol. The van der Waals surface area contributed by atoms with Crippen LogP contribution in [0.4, 0.5) is 0 Å². The zero-order valence-electron chi connectivity index (χ0n) is 9.28. The van der Waals surface area contributed by atoms with Gasteiger partial charge in [0.2, 0.25) is 0 Å². The molecule has 2 aromatic carbocycles. The van der Waals surface area contributed by atoms with E-state index in [4.69, 9.17) is 9.94 Å². The highest BCUT2D eigenvalue weighted by Gasteiger charge is 1.90. The molecular formula is C14H13NO2. The Hall–Kier alpha value is -2.29. The quantitative estimate of drug-likeness (QED) is 0.644. The fraction of sp³-hybridized carbons (Fsp3) is 0.0714. The number of hydrogen-bond acceptors (Lipinski definition) is 3. The van der Waals surface area contributed by atoms with Crippen molar-refractivity contribution in [3.05, 3.63) is 65.7 Å². The third-order valence-corrected chi connectivity index (χ3v) is 2.24. The third-order valence-electron chi connectivity index (χ3n) is 2.24. The van der Waals surface area contributed by atoms with Crippen molar-refractivity contribution in [3.63, 3.8) is 0 Å². The normalized spacial score (nSPS) is 10.6. The molecule has 3 heteroatoms. The molecule has 0 unspecified atom stereocenters. The number of nitrogens with zero attached hydrogens (tertiary/aromatic N) is 1. The Balaban J connectivity index is 1.84. The zero-order chi connectivity index (χ0) is 11.9. The largest absolute Gasteiger partial charge is 0.508 e. The lowest BCUT2D eigenvalue weighted by Gasteiger charge is -1.98. The maximum Gasteiger partial charge on any atom is 0.142 e. The van der Waals surface area contributed by atoms with Crippen LogP contribution in [0, 0.1) is 0 Å². The summed E-state index contributed by atoms with van der Waals surface area (Å²) in [6.07, 6.45) is 1.61. The minimum atomic E-state index is 0.243. The highest BCUT2D eigenvalue weighted by molar-refractivity contribution is 5.79. The number of rotatable bonds is 4. The lowest BCUT2D eigenvalue weighted by atomic mass is 10.2. The molecule has 0 spiro atoms. The molecule has 0 heterocycles. The van der Waals surface area contributed by atoms with Gasteiger partial charge in [0.1, 0.15) is 12.4 Å². The maximum absolute atomic E-state index is 9.10. The smallest absolute Gasteiger partial charge is 0.142 e. The van der Waals surface area contributed by atoms with Crippen molar-refractivity contribution in [1.29, 1.82) is 0 Å². The standard InChI is InChI=1S/C14H13NO2/c16-14-8-6-12(7-9-14)10-15-17-11-13-4-2-1-3-5-13/h1-10,16H,11H2/b15-10+. The molecule has 1 N–H and O–H groups in total. The van der Waals surface area contributed by atoms with Gasteiger partial charge in [0.15, 0.2) is 0 Å². The van der Waals surface area contributed by atoms with Crippen LogP contribution in [-0.2, 0) is 11.4 Å². The van der Waals surface area contributed by atoms with E-state index in [0.29, 0.717) is 6.61 Å². The van der Waals surface area contributed by atoms with E-state index in [-0.39, 0.29) is 5.75 Å². The summed E-state index contributed by atoms with van der Waals surface area (Å²) in [4.78, 5) is 5.16. The molecule has 2 aromatic rings. The Morgan fingerprint density at radius 2 is 1.71 bits per heavy atom. The molecule has 0 saturated carbocycles. The lowest BCUT2D eigenvalue weighted by Crippen LogP contribution is -1.87. The van der Waals surface area contributed by atoms with Gasteiger partial charge < -0.3 is 9.94 Å². The van der Waals surface area contributed by atoms with Crippen LogP contribution in [0.15, 0.2) is 59.8 Å². The van der Waals surface area contributed by atoms with Gasteiger partial charge >= 0.3 is 0 Å². The summed E-state index contributed by atoms with van der Waals surface area (Å²) >= 11 is 0. The van der Waals surface area contributed by atoms with Gasteiger partial charge in [0.25, 0.3) is 0 Å². The van der Waals surface area contributed by atoms with E-state index >= 15 is 0 Å². The van der Waals surface area contributed by atoms with E-state index in [1.165, 1.54) is 0 Å². The summed E-state index contributed by atoms with van der Waals surface area (Å²) in [5, 5.41) is 13.0. The fourth-order valence-corrected chi connectivity index (χ4v) is 1.34. The second-order valence-electron chi connectivity index (χ2n) is 3.59. The molecule has 86 valence electrons. The van der Waals surface area contributed by atoms with Crippen molar-refractivity contribution in [2.45, 2.75) is 6.61 Å². The average Bonchev–Trinajstić information content (AvgIpc) is 2.38. The Morgan fingerprint density at radius 1 is 1.00 bits per heavy atom. The number of aromatic hydroxyl groups is 1. The predicted molar refractivity (Wildman–Crippen MR) is 66.9 cm³/mol. The first kappa shape index (κ1) is 11.2. The SMILES string of the molecule is Oc1ccc(/C=N/OCc2ccccc2)cc1. The molecular weight excluding hydrogens is 214 g/mol. The third kappa shape index (κ3) is 3.65. The number of hydrogen-bond donors (Lipinski definition) is 1. The molecule has 0 radical (unpaired) electrons. The Labute approximate surface area is 100.0 Å². The molecule has 0 amide bonds. The van der Waals surface area contributed by atoms with Gasteiger partial charge in [-0.3, -0.25) is 0 Å². The van der Waals surface area contributed by atoms with Crippen LogP contribution in [0.3, 0.4) is 0 Å². The molecule has 0 saturated heterocycles. The first-order chi connectivity index (χ1) is 8.34. The number of benzene rings is 2. The minimum Gasteiger partial charge on any atom is -0.508 e. The molecule has 0 aliphatic rings. The second kappa shape index (κ2) is 5.70. The summed E-state index contributed by atoms with van der Waals surface area (Å²) in [7, 11) is 0. The van der Waals surface area contributed by atoms with Crippen LogP contribution >= 0.6 is 0 Å². The van der Waals surface area contributed by atoms with Gasteiger partial charge in [-0.2, -0.15) is 0 Å². The van der Waals surface area contributed by atoms with E-state index in [1.54, 1.807) is 30.5 Å². The topological polar surface area (TPSA) is 41.8 Å². The van der Waals surface area contributed by atoms with Gasteiger partial charge in [-0.05, 0) is 35.4 Å². The highest BCUT2D eigenvalue weighted by atomic mass is 16.6. The van der Waals surface area contributed by atoms with Crippen molar-refractivity contribution in [2.75, 3.05) is 0 Å². The number of phenols is 1. The van der Waals surface area contributed by atoms with Crippen LogP contribution in [0.5, 0.6) is 5.75 Å². The van der Waals surface area contributed by atoms with E-state index in [0.717, 1.165) is 11.1 Å². The second-order valence-corrected chi connectivity index (χ2v) is 3.59. The van der Waals surface area contributed by atoms with Crippen LogP contribution < -0.4 is 0 Å². The fourth-order valence-electron chi connectivity index (χ4n) is 1.34. The van der Waals surface area contributed by atoms with Crippen molar-refractivity contribution in [1.82, 2.24) is 0 Å². The molecule has 0 aliphatic carbocycles. The summed E-state index contributed by atoms with van der Waals surface area (Å²) < 4.78 is 0. The lowest BCUT2D eigenvalue weighted by molar-refractivity contribution is 0.132. The molecule has 3 nitrogen and oxygen atoms in total. The van der Waals surface area contributed by atoms with Gasteiger partial charge in [0, 0.05) is 0 Å². The molecule has 0 bridgehead atoms. The van der Waals surface area contributed by atoms with Crippen molar-refractivity contribution in [3.8, 4) is 5.75 Å². The summed E-state index contributed by atoms with van der Waals surface area (Å²) in [6.45, 7) is 0.454. The Morgan fingerprint density at radius 3 is 2.41 bits per heavy atom. The van der Waals surface area contributed by atoms with E-state index < -0.39 is 0 Å². The van der Waals surface area contributed by atoms with E-state index in [2.05, 4.69) is 5.16 Å². The zero-order valence-corrected chi connectivity index (χ0v) is 9.28. The molecule has 0 aliphatic heterocycles. The molecule has 2 rings (SSSR count). The summed E-state index contributed by atoms with van der Waals surface area (Å²) in [5.41, 5.74) is 1.96. The molecule has 17 heavy (non-hydrogen) atoms. The van der Waals surface area contributed by atoms with Crippen molar-refractivity contribution in [2.24, 2.45) is 5.16 Å². The first-order valence-electron chi connectivity index (χ1n) is 5.33. The van der Waals surface area contributed by atoms with Gasteiger partial charge in [0.05, 0.1) is 6.21 Å². The van der Waals surface area contributed by atoms with Gasteiger partial charge in [-0.1, -0.05) is 35.5 Å². The minimum absolute atomic E-state index is 0.243. The predicted octanol–water partition coefficient (Wildman–Crippen LogP) is 2.94. The van der Waals surface area contributed by atoms with Crippen LogP contribution in [-0.4, -0.2) is 11.3 Å². The van der Waals surface area contributed by atoms with Gasteiger partial charge in [-0.25, -0.2) is 0 Å². The highest BCUT2D eigenvalue weighted by Crippen LogP contribution is 2.08. The first-order valence-corrected chi connectivity index (χ1v) is 5.33. The number of oxime groups is 1. The molecule has 0 fully saturated rings. The van der Waals surface area contributed by atoms with Crippen LogP contribution in [0.2, 0.25) is 0 Å². The Kier molecular flexibility index (Phi) is 3.76. The van der Waals surface area contributed by atoms with Crippen LogP contribution in [0.1, 0.15) is 11.1 Å². The summed E-state index contributed by atoms with van der Waals surface area (Å²) in [6, 6.07) is 16.6. The van der Waals surface area contributed by atoms with Crippen LogP contribution in [0.25, 0.3) is 0 Å². The van der Waals surface area contributed by atoms with Gasteiger partial charge in [-0.15, -0.1) is 0 Å². The molecule has 0 aromatic heterocycles. The van der Waals surface area contributed by atoms with E-state index in [9.17, 15) is 0 Å². The van der Waals surface area contributed by atoms with Crippen molar-refractivity contribution < 1.29 is 9.94 Å².